The smallest absolute Gasteiger partial charge is 0.252 e. The van der Waals surface area contributed by atoms with Gasteiger partial charge in [-0.2, -0.15) is 0 Å². The zero-order chi connectivity index (χ0) is 14.5. The van der Waals surface area contributed by atoms with Crippen molar-refractivity contribution in [2.45, 2.75) is 6.42 Å². The number of ether oxygens (including phenoxy) is 1. The van der Waals surface area contributed by atoms with E-state index in [0.717, 1.165) is 10.4 Å². The van der Waals surface area contributed by atoms with Crippen LogP contribution in [-0.2, 0) is 16.0 Å². The van der Waals surface area contributed by atoms with E-state index >= 15 is 0 Å². The Morgan fingerprint density at radius 3 is 2.90 bits per heavy atom. The van der Waals surface area contributed by atoms with Crippen molar-refractivity contribution in [1.29, 1.82) is 0 Å². The predicted molar refractivity (Wildman–Crippen MR) is 81.9 cm³/mol. The highest BCUT2D eigenvalue weighted by atomic mass is 35.5. The van der Waals surface area contributed by atoms with E-state index in [1.807, 2.05) is 12.1 Å². The molecule has 1 aromatic heterocycles. The zero-order valence-electron chi connectivity index (χ0n) is 10.7. The van der Waals surface area contributed by atoms with Crippen molar-refractivity contribution >= 4 is 45.6 Å². The number of halogens is 2. The lowest BCUT2D eigenvalue weighted by Gasteiger charge is -2.01. The molecule has 0 aliphatic heterocycles. The Bertz CT molecular complexity index is 616. The quantitative estimate of drug-likeness (QED) is 0.910. The molecule has 0 saturated heterocycles. The van der Waals surface area contributed by atoms with Crippen LogP contribution in [0.4, 0.5) is 5.13 Å². The number of aromatic nitrogens is 1. The van der Waals surface area contributed by atoms with E-state index in [4.69, 9.17) is 27.9 Å². The number of hydrogen-bond acceptors (Lipinski definition) is 4. The maximum atomic E-state index is 11.4. The number of anilines is 1. The molecule has 1 heterocycles. The molecule has 0 saturated carbocycles. The summed E-state index contributed by atoms with van der Waals surface area (Å²) >= 11 is 13.3. The molecule has 2 aromatic rings. The van der Waals surface area contributed by atoms with Gasteiger partial charge in [-0.3, -0.25) is 10.1 Å². The van der Waals surface area contributed by atoms with Gasteiger partial charge in [0, 0.05) is 24.6 Å². The van der Waals surface area contributed by atoms with Crippen LogP contribution in [0, 0.1) is 0 Å². The molecule has 2 rings (SSSR count). The van der Waals surface area contributed by atoms with E-state index < -0.39 is 0 Å². The number of thiazole rings is 1. The number of nitrogens with zero attached hydrogens (tertiary/aromatic N) is 1. The van der Waals surface area contributed by atoms with Gasteiger partial charge in [-0.1, -0.05) is 29.3 Å². The lowest BCUT2D eigenvalue weighted by molar-refractivity contribution is -0.119. The summed E-state index contributed by atoms with van der Waals surface area (Å²) in [5.41, 5.74) is 1.04. The van der Waals surface area contributed by atoms with Crippen LogP contribution < -0.4 is 5.32 Å². The Balaban J connectivity index is 2.02. The van der Waals surface area contributed by atoms with Gasteiger partial charge in [0.05, 0.1) is 10.0 Å². The second-order valence-electron chi connectivity index (χ2n) is 4.04. The Kier molecular flexibility index (Phi) is 5.37. The number of rotatable bonds is 5. The lowest BCUT2D eigenvalue weighted by Crippen LogP contribution is -2.16. The molecule has 1 amide bonds. The third-order valence-electron chi connectivity index (χ3n) is 2.44. The van der Waals surface area contributed by atoms with Crippen LogP contribution >= 0.6 is 34.5 Å². The first kappa shape index (κ1) is 15.3. The number of benzene rings is 1. The molecule has 0 unspecified atom stereocenters. The molecule has 0 fully saturated rings. The fourth-order valence-electron chi connectivity index (χ4n) is 1.58. The molecule has 1 aromatic carbocycles. The fourth-order valence-corrected chi connectivity index (χ4v) is 2.77. The summed E-state index contributed by atoms with van der Waals surface area (Å²) in [6, 6.07) is 5.51. The minimum atomic E-state index is -0.220. The van der Waals surface area contributed by atoms with Crippen molar-refractivity contribution in [3.05, 3.63) is 44.9 Å². The van der Waals surface area contributed by atoms with E-state index in [0.29, 0.717) is 21.6 Å². The maximum absolute atomic E-state index is 11.4. The van der Waals surface area contributed by atoms with Gasteiger partial charge in [-0.15, -0.1) is 11.3 Å². The highest BCUT2D eigenvalue weighted by Gasteiger charge is 2.07. The molecule has 106 valence electrons. The largest absolute Gasteiger partial charge is 0.375 e. The predicted octanol–water partition coefficient (Wildman–Crippen LogP) is 3.63. The average Bonchev–Trinajstić information content (AvgIpc) is 2.81. The minimum absolute atomic E-state index is 0.0156. The van der Waals surface area contributed by atoms with Crippen LogP contribution in [0.5, 0.6) is 0 Å². The second kappa shape index (κ2) is 7.04. The van der Waals surface area contributed by atoms with E-state index in [-0.39, 0.29) is 12.5 Å². The average molecular weight is 331 g/mol. The highest BCUT2D eigenvalue weighted by Crippen LogP contribution is 2.26. The summed E-state index contributed by atoms with van der Waals surface area (Å²) in [5.74, 6) is -0.220. The standard InChI is InChI=1S/C13H12Cl2N2O2S/c1-19-7-12(18)17-13-16-6-9(20-13)4-8-2-3-10(14)11(15)5-8/h2-3,5-6H,4,7H2,1H3,(H,16,17,18). The van der Waals surface area contributed by atoms with E-state index in [2.05, 4.69) is 10.3 Å². The molecule has 0 spiro atoms. The number of nitrogens with one attached hydrogen (secondary N) is 1. The fraction of sp³-hybridized carbons (Fsp3) is 0.231. The van der Waals surface area contributed by atoms with Crippen molar-refractivity contribution in [3.63, 3.8) is 0 Å². The van der Waals surface area contributed by atoms with Gasteiger partial charge in [0.1, 0.15) is 6.61 Å². The molecular formula is C13H12Cl2N2O2S. The first-order valence-electron chi connectivity index (χ1n) is 5.76. The van der Waals surface area contributed by atoms with Gasteiger partial charge in [0.2, 0.25) is 0 Å². The zero-order valence-corrected chi connectivity index (χ0v) is 13.0. The van der Waals surface area contributed by atoms with Gasteiger partial charge < -0.3 is 4.74 Å². The highest BCUT2D eigenvalue weighted by molar-refractivity contribution is 7.15. The minimum Gasteiger partial charge on any atom is -0.375 e. The Labute approximate surface area is 130 Å². The maximum Gasteiger partial charge on any atom is 0.252 e. The second-order valence-corrected chi connectivity index (χ2v) is 5.97. The topological polar surface area (TPSA) is 51.2 Å². The van der Waals surface area contributed by atoms with E-state index in [1.165, 1.54) is 18.4 Å². The summed E-state index contributed by atoms with van der Waals surface area (Å²) in [4.78, 5) is 16.5. The molecule has 0 aliphatic rings. The first-order valence-corrected chi connectivity index (χ1v) is 7.33. The summed E-state index contributed by atoms with van der Waals surface area (Å²) < 4.78 is 4.74. The van der Waals surface area contributed by atoms with E-state index in [9.17, 15) is 4.79 Å². The monoisotopic (exact) mass is 330 g/mol. The van der Waals surface area contributed by atoms with Crippen LogP contribution in [0.2, 0.25) is 10.0 Å². The molecule has 20 heavy (non-hydrogen) atoms. The summed E-state index contributed by atoms with van der Waals surface area (Å²) in [6.45, 7) is 0.0156. The number of methoxy groups -OCH3 is 1. The molecule has 0 bridgehead atoms. The van der Waals surface area contributed by atoms with Gasteiger partial charge in [-0.05, 0) is 17.7 Å². The van der Waals surface area contributed by atoms with Crippen molar-refractivity contribution in [3.8, 4) is 0 Å². The lowest BCUT2D eigenvalue weighted by atomic mass is 10.1. The SMILES string of the molecule is COCC(=O)Nc1ncc(Cc2ccc(Cl)c(Cl)c2)s1. The summed E-state index contributed by atoms with van der Waals surface area (Å²) in [6.07, 6.45) is 2.42. The summed E-state index contributed by atoms with van der Waals surface area (Å²) in [7, 11) is 1.47. The van der Waals surface area contributed by atoms with Crippen LogP contribution in [0.15, 0.2) is 24.4 Å². The van der Waals surface area contributed by atoms with Crippen LogP contribution in [0.1, 0.15) is 10.4 Å². The number of hydrogen-bond donors (Lipinski definition) is 1. The number of amides is 1. The Morgan fingerprint density at radius 1 is 1.40 bits per heavy atom. The third kappa shape index (κ3) is 4.18. The summed E-state index contributed by atoms with van der Waals surface area (Å²) in [5, 5.41) is 4.29. The molecule has 0 radical (unpaired) electrons. The van der Waals surface area contributed by atoms with E-state index in [1.54, 1.807) is 12.3 Å². The number of carbonyl (C=O) groups is 1. The third-order valence-corrected chi connectivity index (χ3v) is 4.09. The molecular weight excluding hydrogens is 319 g/mol. The van der Waals surface area contributed by atoms with Crippen LogP contribution in [0.3, 0.4) is 0 Å². The van der Waals surface area contributed by atoms with Crippen LogP contribution in [0.25, 0.3) is 0 Å². The molecule has 4 nitrogen and oxygen atoms in total. The number of carbonyl (C=O) groups excluding carboxylic acids is 1. The van der Waals surface area contributed by atoms with Gasteiger partial charge in [0.25, 0.3) is 5.91 Å². The van der Waals surface area contributed by atoms with Gasteiger partial charge in [-0.25, -0.2) is 4.98 Å². The first-order chi connectivity index (χ1) is 9.58. The van der Waals surface area contributed by atoms with Gasteiger partial charge in [0.15, 0.2) is 5.13 Å². The Hall–Kier alpha value is -1.14. The molecule has 0 aliphatic carbocycles. The normalized spacial score (nSPS) is 10.6. The molecule has 0 atom stereocenters. The molecule has 7 heteroatoms. The van der Waals surface area contributed by atoms with Crippen molar-refractivity contribution in [2.24, 2.45) is 0 Å². The van der Waals surface area contributed by atoms with Crippen molar-refractivity contribution in [1.82, 2.24) is 4.98 Å². The van der Waals surface area contributed by atoms with Crippen molar-refractivity contribution in [2.75, 3.05) is 19.0 Å². The Morgan fingerprint density at radius 2 is 2.20 bits per heavy atom. The van der Waals surface area contributed by atoms with Crippen LogP contribution in [-0.4, -0.2) is 24.6 Å². The van der Waals surface area contributed by atoms with Crippen molar-refractivity contribution < 1.29 is 9.53 Å². The van der Waals surface area contributed by atoms with Gasteiger partial charge >= 0.3 is 0 Å². The molecule has 1 N–H and O–H groups in total.